The molecule has 1 aliphatic heterocycles. The largest absolute Gasteiger partial charge is 0.326 e. The molecule has 1 atom stereocenters. The Morgan fingerprint density at radius 3 is 2.47 bits per heavy atom. The van der Waals surface area contributed by atoms with Gasteiger partial charge < -0.3 is 5.32 Å². The third kappa shape index (κ3) is 5.92. The van der Waals surface area contributed by atoms with Gasteiger partial charge in [-0.05, 0) is 49.1 Å². The fourth-order valence-electron chi connectivity index (χ4n) is 3.54. The van der Waals surface area contributed by atoms with E-state index in [-0.39, 0.29) is 16.7 Å². The molecule has 0 aromatic heterocycles. The van der Waals surface area contributed by atoms with E-state index >= 15 is 0 Å². The minimum Gasteiger partial charge on any atom is -0.326 e. The van der Waals surface area contributed by atoms with Gasteiger partial charge in [0, 0.05) is 18.7 Å². The SMILES string of the molecule is CCCC(C(=O)Nc1ccc(S(=O)(=O)NC2=NCCCCC2)cc1)c1ccccc1. The zero-order chi connectivity index (χ0) is 21.4. The van der Waals surface area contributed by atoms with Gasteiger partial charge in [0.2, 0.25) is 5.91 Å². The second-order valence-corrected chi connectivity index (χ2v) is 9.19. The van der Waals surface area contributed by atoms with Gasteiger partial charge in [0.1, 0.15) is 5.84 Å². The number of rotatable bonds is 7. The lowest BCUT2D eigenvalue weighted by atomic mass is 9.93. The Bertz CT molecular complexity index is 971. The van der Waals surface area contributed by atoms with Crippen molar-refractivity contribution in [2.24, 2.45) is 4.99 Å². The van der Waals surface area contributed by atoms with Crippen LogP contribution in [0, 0.1) is 0 Å². The Labute approximate surface area is 178 Å². The molecular formula is C23H29N3O3S. The van der Waals surface area contributed by atoms with Crippen LogP contribution in [-0.2, 0) is 14.8 Å². The van der Waals surface area contributed by atoms with E-state index in [1.165, 1.54) is 12.1 Å². The minimum absolute atomic E-state index is 0.0930. The quantitative estimate of drug-likeness (QED) is 0.684. The molecule has 0 fully saturated rings. The van der Waals surface area contributed by atoms with Crippen molar-refractivity contribution in [1.82, 2.24) is 4.72 Å². The lowest BCUT2D eigenvalue weighted by Crippen LogP contribution is -2.30. The number of sulfonamides is 1. The summed E-state index contributed by atoms with van der Waals surface area (Å²) in [5.41, 5.74) is 1.55. The molecule has 2 aromatic rings. The van der Waals surface area contributed by atoms with E-state index < -0.39 is 10.0 Å². The topological polar surface area (TPSA) is 87.6 Å². The predicted octanol–water partition coefficient (Wildman–Crippen LogP) is 4.46. The van der Waals surface area contributed by atoms with Crippen LogP contribution >= 0.6 is 0 Å². The van der Waals surface area contributed by atoms with Gasteiger partial charge in [-0.2, -0.15) is 0 Å². The molecule has 0 saturated heterocycles. The summed E-state index contributed by atoms with van der Waals surface area (Å²) in [6.07, 6.45) is 5.26. The molecule has 0 spiro atoms. The van der Waals surface area contributed by atoms with Gasteiger partial charge in [-0.25, -0.2) is 8.42 Å². The molecule has 0 aliphatic carbocycles. The molecule has 0 saturated carbocycles. The van der Waals surface area contributed by atoms with Gasteiger partial charge in [-0.15, -0.1) is 0 Å². The van der Waals surface area contributed by atoms with Crippen molar-refractivity contribution in [3.8, 4) is 0 Å². The first kappa shape index (κ1) is 22.0. The maximum absolute atomic E-state index is 12.8. The molecule has 6 nitrogen and oxygen atoms in total. The standard InChI is InChI=1S/C23H29N3O3S/c1-2-9-21(18-10-5-3-6-11-18)23(27)25-19-13-15-20(16-14-19)30(28,29)26-22-12-7-4-8-17-24-22/h3,5-6,10-11,13-16,21H,2,4,7-9,12,17H2,1H3,(H,24,26)(H,25,27). The van der Waals surface area contributed by atoms with Gasteiger partial charge in [-0.1, -0.05) is 50.1 Å². The highest BCUT2D eigenvalue weighted by Gasteiger charge is 2.21. The van der Waals surface area contributed by atoms with Crippen molar-refractivity contribution in [2.75, 3.05) is 11.9 Å². The number of anilines is 1. The molecule has 30 heavy (non-hydrogen) atoms. The number of nitrogens with zero attached hydrogens (tertiary/aromatic N) is 1. The Balaban J connectivity index is 1.68. The summed E-state index contributed by atoms with van der Waals surface area (Å²) in [6, 6.07) is 15.9. The van der Waals surface area contributed by atoms with E-state index in [0.717, 1.165) is 37.7 Å². The van der Waals surface area contributed by atoms with Crippen LogP contribution < -0.4 is 10.0 Å². The van der Waals surface area contributed by atoms with Crippen LogP contribution in [0.5, 0.6) is 0 Å². The first-order valence-corrected chi connectivity index (χ1v) is 12.0. The fraction of sp³-hybridized carbons (Fsp3) is 0.391. The second kappa shape index (κ2) is 10.4. The summed E-state index contributed by atoms with van der Waals surface area (Å²) in [4.78, 5) is 17.3. The molecule has 3 rings (SSSR count). The molecular weight excluding hydrogens is 398 g/mol. The van der Waals surface area contributed by atoms with Crippen LogP contribution in [0.25, 0.3) is 0 Å². The Hall–Kier alpha value is -2.67. The molecule has 0 bridgehead atoms. The van der Waals surface area contributed by atoms with E-state index in [2.05, 4.69) is 22.0 Å². The Morgan fingerprint density at radius 2 is 1.77 bits per heavy atom. The Morgan fingerprint density at radius 1 is 1.03 bits per heavy atom. The fourth-order valence-corrected chi connectivity index (χ4v) is 4.63. The van der Waals surface area contributed by atoms with E-state index in [9.17, 15) is 13.2 Å². The maximum Gasteiger partial charge on any atom is 0.262 e. The predicted molar refractivity (Wildman–Crippen MR) is 120 cm³/mol. The summed E-state index contributed by atoms with van der Waals surface area (Å²) >= 11 is 0. The van der Waals surface area contributed by atoms with E-state index in [1.54, 1.807) is 12.1 Å². The van der Waals surface area contributed by atoms with Gasteiger partial charge in [0.05, 0.1) is 10.8 Å². The summed E-state index contributed by atoms with van der Waals surface area (Å²) in [6.45, 7) is 2.71. The molecule has 1 heterocycles. The van der Waals surface area contributed by atoms with Gasteiger partial charge in [0.15, 0.2) is 0 Å². The number of amidine groups is 1. The normalized spacial score (nSPS) is 15.6. The van der Waals surface area contributed by atoms with E-state index in [4.69, 9.17) is 0 Å². The highest BCUT2D eigenvalue weighted by atomic mass is 32.2. The van der Waals surface area contributed by atoms with Crippen LogP contribution in [0.15, 0.2) is 64.5 Å². The van der Waals surface area contributed by atoms with E-state index in [1.807, 2.05) is 30.3 Å². The van der Waals surface area contributed by atoms with Crippen molar-refractivity contribution in [2.45, 2.75) is 56.3 Å². The third-order valence-corrected chi connectivity index (χ3v) is 6.55. The summed E-state index contributed by atoms with van der Waals surface area (Å²) in [5, 5.41) is 2.92. The molecule has 7 heteroatoms. The van der Waals surface area contributed by atoms with E-state index in [0.29, 0.717) is 24.5 Å². The van der Waals surface area contributed by atoms with Crippen molar-refractivity contribution in [3.05, 3.63) is 60.2 Å². The lowest BCUT2D eigenvalue weighted by molar-refractivity contribution is -0.117. The third-order valence-electron chi connectivity index (χ3n) is 5.15. The van der Waals surface area contributed by atoms with Gasteiger partial charge in [-0.3, -0.25) is 14.5 Å². The molecule has 0 radical (unpaired) electrons. The molecule has 1 unspecified atom stereocenters. The number of aliphatic imine (C=N–C) groups is 1. The number of hydrogen-bond donors (Lipinski definition) is 2. The number of hydrogen-bond acceptors (Lipinski definition) is 4. The second-order valence-electron chi connectivity index (χ2n) is 7.51. The average Bonchev–Trinajstić information content (AvgIpc) is 3.01. The minimum atomic E-state index is -3.68. The van der Waals surface area contributed by atoms with Crippen molar-refractivity contribution in [1.29, 1.82) is 0 Å². The lowest BCUT2D eigenvalue weighted by Gasteiger charge is -2.17. The average molecular weight is 428 g/mol. The summed E-state index contributed by atoms with van der Waals surface area (Å²) in [5.74, 6) is 0.189. The zero-order valence-electron chi connectivity index (χ0n) is 17.3. The number of benzene rings is 2. The summed E-state index contributed by atoms with van der Waals surface area (Å²) < 4.78 is 27.9. The van der Waals surface area contributed by atoms with Crippen LogP contribution in [0.1, 0.15) is 56.9 Å². The smallest absolute Gasteiger partial charge is 0.262 e. The monoisotopic (exact) mass is 427 g/mol. The van der Waals surface area contributed by atoms with Crippen molar-refractivity contribution < 1.29 is 13.2 Å². The Kier molecular flexibility index (Phi) is 7.63. The number of carbonyl (C=O) groups excluding carboxylic acids is 1. The number of nitrogens with one attached hydrogen (secondary N) is 2. The van der Waals surface area contributed by atoms with Crippen LogP contribution in [0.2, 0.25) is 0 Å². The van der Waals surface area contributed by atoms with Crippen LogP contribution in [0.3, 0.4) is 0 Å². The zero-order valence-corrected chi connectivity index (χ0v) is 18.1. The first-order valence-electron chi connectivity index (χ1n) is 10.5. The molecule has 1 amide bonds. The molecule has 2 aromatic carbocycles. The highest BCUT2D eigenvalue weighted by Crippen LogP contribution is 2.24. The molecule has 2 N–H and O–H groups in total. The van der Waals surface area contributed by atoms with Gasteiger partial charge in [0.25, 0.3) is 10.0 Å². The highest BCUT2D eigenvalue weighted by molar-refractivity contribution is 7.90. The van der Waals surface area contributed by atoms with Gasteiger partial charge >= 0.3 is 0 Å². The van der Waals surface area contributed by atoms with Crippen molar-refractivity contribution in [3.63, 3.8) is 0 Å². The molecule has 1 aliphatic rings. The van der Waals surface area contributed by atoms with Crippen molar-refractivity contribution >= 4 is 27.5 Å². The first-order chi connectivity index (χ1) is 14.5. The summed E-state index contributed by atoms with van der Waals surface area (Å²) in [7, 11) is -3.68. The van der Waals surface area contributed by atoms with Crippen LogP contribution in [-0.4, -0.2) is 26.7 Å². The van der Waals surface area contributed by atoms with Crippen LogP contribution in [0.4, 0.5) is 5.69 Å². The number of amides is 1. The number of carbonyl (C=O) groups is 1. The molecule has 160 valence electrons. The maximum atomic E-state index is 12.8.